The van der Waals surface area contributed by atoms with E-state index in [4.69, 9.17) is 0 Å². The van der Waals surface area contributed by atoms with Crippen molar-refractivity contribution >= 4 is 39.4 Å². The van der Waals surface area contributed by atoms with E-state index in [2.05, 4.69) is 62.2 Å². The molecule has 0 atom stereocenters. The Morgan fingerprint density at radius 2 is 2.07 bits per heavy atom. The molecule has 0 spiro atoms. The highest BCUT2D eigenvalue weighted by Gasteiger charge is 2.14. The van der Waals surface area contributed by atoms with Crippen LogP contribution in [0.5, 0.6) is 0 Å². The van der Waals surface area contributed by atoms with E-state index in [0.29, 0.717) is 28.0 Å². The Labute approximate surface area is 175 Å². The Hall–Kier alpha value is -2.12. The molecule has 6 nitrogen and oxygen atoms in total. The number of piperidine rings is 1. The standard InChI is InChI=1S/C13H13BrN4O.C8H17N/c1-8(9-5-3-4-6-10(9)15-2)16-13-12(14)11(7-19)17-18-13;1-3-8-4-6-9(2)7-5-8/h3-7,15H,1H2,2H3,(H2,16,17,18);8H,3-7H2,1-2H3. The molecule has 3 N–H and O–H groups in total. The highest BCUT2D eigenvalue weighted by atomic mass is 79.9. The summed E-state index contributed by atoms with van der Waals surface area (Å²) in [5, 5.41) is 12.8. The summed E-state index contributed by atoms with van der Waals surface area (Å²) in [6, 6.07) is 7.78. The molecule has 152 valence electrons. The second kappa shape index (κ2) is 11.0. The van der Waals surface area contributed by atoms with Gasteiger partial charge in [-0.2, -0.15) is 5.10 Å². The second-order valence-corrected chi connectivity index (χ2v) is 7.76. The van der Waals surface area contributed by atoms with Gasteiger partial charge in [-0.05, 0) is 60.9 Å². The third-order valence-corrected chi connectivity index (χ3v) is 5.86. The van der Waals surface area contributed by atoms with Crippen LogP contribution in [0.25, 0.3) is 5.70 Å². The lowest BCUT2D eigenvalue weighted by atomic mass is 9.95. The molecule has 0 radical (unpaired) electrons. The average Bonchev–Trinajstić information content (AvgIpc) is 3.08. The van der Waals surface area contributed by atoms with Gasteiger partial charge in [0.1, 0.15) is 5.69 Å². The number of carbonyl (C=O) groups is 1. The van der Waals surface area contributed by atoms with E-state index in [0.717, 1.165) is 17.2 Å². The molecule has 2 aromatic rings. The van der Waals surface area contributed by atoms with Gasteiger partial charge in [0.25, 0.3) is 0 Å². The van der Waals surface area contributed by atoms with Gasteiger partial charge in [-0.25, -0.2) is 0 Å². The van der Waals surface area contributed by atoms with E-state index in [1.54, 1.807) is 0 Å². The van der Waals surface area contributed by atoms with Gasteiger partial charge in [-0.15, -0.1) is 0 Å². The number of anilines is 2. The van der Waals surface area contributed by atoms with Gasteiger partial charge in [-0.3, -0.25) is 9.89 Å². The molecule has 1 fully saturated rings. The number of hydrogen-bond acceptors (Lipinski definition) is 5. The molecule has 7 heteroatoms. The molecule has 0 unspecified atom stereocenters. The maximum Gasteiger partial charge on any atom is 0.169 e. The number of aromatic amines is 1. The first kappa shape index (κ1) is 22.2. The highest BCUT2D eigenvalue weighted by Crippen LogP contribution is 2.28. The first-order valence-electron chi connectivity index (χ1n) is 9.60. The van der Waals surface area contributed by atoms with E-state index in [9.17, 15) is 4.79 Å². The predicted molar refractivity (Wildman–Crippen MR) is 121 cm³/mol. The zero-order chi connectivity index (χ0) is 20.5. The van der Waals surface area contributed by atoms with Crippen molar-refractivity contribution in [2.45, 2.75) is 26.2 Å². The summed E-state index contributed by atoms with van der Waals surface area (Å²) in [5.41, 5.74) is 2.97. The van der Waals surface area contributed by atoms with Crippen LogP contribution < -0.4 is 10.6 Å². The van der Waals surface area contributed by atoms with E-state index >= 15 is 0 Å². The fourth-order valence-corrected chi connectivity index (χ4v) is 3.52. The third-order valence-electron chi connectivity index (χ3n) is 5.06. The van der Waals surface area contributed by atoms with Gasteiger partial charge >= 0.3 is 0 Å². The molecule has 0 amide bonds. The number of likely N-dealkylation sites (tertiary alicyclic amines) is 1. The van der Waals surface area contributed by atoms with Gasteiger partial charge in [0.2, 0.25) is 0 Å². The van der Waals surface area contributed by atoms with E-state index in [-0.39, 0.29) is 0 Å². The molecule has 1 aromatic heterocycles. The largest absolute Gasteiger partial charge is 0.388 e. The zero-order valence-electron chi connectivity index (χ0n) is 16.9. The number of hydrogen-bond donors (Lipinski definition) is 3. The Balaban J connectivity index is 0.000000261. The number of H-pyrrole nitrogens is 1. The van der Waals surface area contributed by atoms with Gasteiger partial charge < -0.3 is 15.5 Å². The molecule has 0 saturated carbocycles. The quantitative estimate of drug-likeness (QED) is 0.552. The molecule has 2 heterocycles. The molecule has 3 rings (SSSR count). The highest BCUT2D eigenvalue weighted by molar-refractivity contribution is 9.10. The van der Waals surface area contributed by atoms with Gasteiger partial charge in [-0.1, -0.05) is 38.1 Å². The van der Waals surface area contributed by atoms with Crippen LogP contribution in [0.4, 0.5) is 11.5 Å². The SMILES string of the molecule is C=C(Nc1n[nH]c(C=O)c1Br)c1ccccc1NC.CCC1CCN(C)CC1. The minimum atomic E-state index is 0.386. The Morgan fingerprint density at radius 3 is 2.64 bits per heavy atom. The summed E-state index contributed by atoms with van der Waals surface area (Å²) in [5.74, 6) is 1.55. The lowest BCUT2D eigenvalue weighted by Crippen LogP contribution is -2.29. The summed E-state index contributed by atoms with van der Waals surface area (Å²) >= 11 is 3.30. The molecule has 1 saturated heterocycles. The molecule has 28 heavy (non-hydrogen) atoms. The lowest BCUT2D eigenvalue weighted by Gasteiger charge is -2.27. The Bertz CT molecular complexity index is 781. The van der Waals surface area contributed by atoms with Crippen LogP contribution in [0.15, 0.2) is 35.3 Å². The van der Waals surface area contributed by atoms with Gasteiger partial charge in [0, 0.05) is 24.0 Å². The topological polar surface area (TPSA) is 73.0 Å². The summed E-state index contributed by atoms with van der Waals surface area (Å²) in [6.45, 7) is 8.93. The summed E-state index contributed by atoms with van der Waals surface area (Å²) in [4.78, 5) is 13.2. The monoisotopic (exact) mass is 447 g/mol. The number of nitrogens with zero attached hydrogens (tertiary/aromatic N) is 2. The molecular formula is C21H30BrN5O. The van der Waals surface area contributed by atoms with Crippen LogP contribution in [0, 0.1) is 5.92 Å². The predicted octanol–water partition coefficient (Wildman–Crippen LogP) is 4.85. The third kappa shape index (κ3) is 5.94. The molecule has 0 bridgehead atoms. The molecule has 1 aromatic carbocycles. The van der Waals surface area contributed by atoms with Crippen molar-refractivity contribution in [3.8, 4) is 0 Å². The summed E-state index contributed by atoms with van der Waals surface area (Å²) < 4.78 is 0.589. The van der Waals surface area contributed by atoms with Crippen molar-refractivity contribution in [1.82, 2.24) is 15.1 Å². The first-order chi connectivity index (χ1) is 13.5. The average molecular weight is 448 g/mol. The second-order valence-electron chi connectivity index (χ2n) is 6.97. The van der Waals surface area contributed by atoms with Crippen molar-refractivity contribution in [2.24, 2.45) is 5.92 Å². The van der Waals surface area contributed by atoms with Crippen LogP contribution in [0.1, 0.15) is 42.2 Å². The minimum Gasteiger partial charge on any atom is -0.388 e. The van der Waals surface area contributed by atoms with Crippen molar-refractivity contribution < 1.29 is 4.79 Å². The van der Waals surface area contributed by atoms with Crippen LogP contribution in [-0.2, 0) is 0 Å². The van der Waals surface area contributed by atoms with Crippen molar-refractivity contribution in [1.29, 1.82) is 0 Å². The molecular weight excluding hydrogens is 418 g/mol. The maximum absolute atomic E-state index is 10.7. The van der Waals surface area contributed by atoms with Crippen LogP contribution in [0.2, 0.25) is 0 Å². The number of carbonyl (C=O) groups excluding carboxylic acids is 1. The van der Waals surface area contributed by atoms with Crippen molar-refractivity contribution in [3.05, 3.63) is 46.6 Å². The van der Waals surface area contributed by atoms with E-state index < -0.39 is 0 Å². The number of rotatable bonds is 6. The molecule has 0 aliphatic carbocycles. The zero-order valence-corrected chi connectivity index (χ0v) is 18.5. The number of halogens is 1. The van der Waals surface area contributed by atoms with E-state index in [1.807, 2.05) is 31.3 Å². The van der Waals surface area contributed by atoms with E-state index in [1.165, 1.54) is 32.4 Å². The molecule has 1 aliphatic heterocycles. The van der Waals surface area contributed by atoms with Crippen molar-refractivity contribution in [3.63, 3.8) is 0 Å². The molecule has 1 aliphatic rings. The smallest absolute Gasteiger partial charge is 0.169 e. The summed E-state index contributed by atoms with van der Waals surface area (Å²) in [6.07, 6.45) is 4.93. The lowest BCUT2D eigenvalue weighted by molar-refractivity contribution is 0.111. The first-order valence-corrected chi connectivity index (χ1v) is 10.4. The Kier molecular flexibility index (Phi) is 8.73. The normalized spacial score (nSPS) is 14.7. The fraction of sp³-hybridized carbons (Fsp3) is 0.429. The number of aldehydes is 1. The number of para-hydroxylation sites is 1. The Morgan fingerprint density at radius 1 is 1.39 bits per heavy atom. The van der Waals surface area contributed by atoms with Crippen LogP contribution in [-0.4, -0.2) is 48.6 Å². The van der Waals surface area contributed by atoms with Crippen LogP contribution in [0.3, 0.4) is 0 Å². The van der Waals surface area contributed by atoms with Gasteiger partial charge in [0.05, 0.1) is 4.47 Å². The number of nitrogens with one attached hydrogen (secondary N) is 3. The fourth-order valence-electron chi connectivity index (χ4n) is 3.15. The number of aromatic nitrogens is 2. The number of benzene rings is 1. The summed E-state index contributed by atoms with van der Waals surface area (Å²) in [7, 11) is 4.06. The maximum atomic E-state index is 10.7. The van der Waals surface area contributed by atoms with Crippen molar-refractivity contribution in [2.75, 3.05) is 37.8 Å². The minimum absolute atomic E-state index is 0.386. The van der Waals surface area contributed by atoms with Crippen LogP contribution >= 0.6 is 15.9 Å². The van der Waals surface area contributed by atoms with Gasteiger partial charge in [0.15, 0.2) is 12.1 Å².